The SMILES string of the molecule is COc1sc(C(C)(C)C)cc1C(=O)OCc1ccccc1. The fourth-order valence-electron chi connectivity index (χ4n) is 1.84. The van der Waals surface area contributed by atoms with Gasteiger partial charge in [-0.05, 0) is 17.0 Å². The molecule has 4 heteroatoms. The summed E-state index contributed by atoms with van der Waals surface area (Å²) in [5.74, 6) is -0.345. The molecular weight excluding hydrogens is 284 g/mol. The van der Waals surface area contributed by atoms with Crippen LogP contribution in [0.1, 0.15) is 41.6 Å². The van der Waals surface area contributed by atoms with Crippen LogP contribution in [0.15, 0.2) is 36.4 Å². The van der Waals surface area contributed by atoms with E-state index in [1.54, 1.807) is 7.11 Å². The van der Waals surface area contributed by atoms with Crippen LogP contribution in [0, 0.1) is 0 Å². The van der Waals surface area contributed by atoms with Crippen LogP contribution in [-0.4, -0.2) is 13.1 Å². The average molecular weight is 304 g/mol. The van der Waals surface area contributed by atoms with E-state index in [1.807, 2.05) is 36.4 Å². The summed E-state index contributed by atoms with van der Waals surface area (Å²) in [6, 6.07) is 11.5. The van der Waals surface area contributed by atoms with Crippen molar-refractivity contribution < 1.29 is 14.3 Å². The Morgan fingerprint density at radius 1 is 1.19 bits per heavy atom. The molecule has 0 aliphatic heterocycles. The first-order valence-electron chi connectivity index (χ1n) is 6.81. The van der Waals surface area contributed by atoms with Crippen molar-refractivity contribution in [2.24, 2.45) is 0 Å². The molecule has 0 amide bonds. The van der Waals surface area contributed by atoms with Gasteiger partial charge in [-0.1, -0.05) is 51.1 Å². The molecule has 21 heavy (non-hydrogen) atoms. The second-order valence-corrected chi connectivity index (χ2v) is 6.84. The minimum absolute atomic E-state index is 0.0179. The number of thiophene rings is 1. The molecule has 0 fully saturated rings. The monoisotopic (exact) mass is 304 g/mol. The van der Waals surface area contributed by atoms with Gasteiger partial charge in [0.1, 0.15) is 12.2 Å². The highest BCUT2D eigenvalue weighted by atomic mass is 32.1. The second-order valence-electron chi connectivity index (χ2n) is 5.83. The van der Waals surface area contributed by atoms with Crippen molar-refractivity contribution in [3.05, 3.63) is 52.4 Å². The standard InChI is InChI=1S/C17H20O3S/c1-17(2,3)14-10-13(16(19-4)21-14)15(18)20-11-12-8-6-5-7-9-12/h5-10H,11H2,1-4H3. The van der Waals surface area contributed by atoms with Gasteiger partial charge in [0.05, 0.1) is 7.11 Å². The lowest BCUT2D eigenvalue weighted by Gasteiger charge is -2.14. The highest BCUT2D eigenvalue weighted by molar-refractivity contribution is 7.14. The van der Waals surface area contributed by atoms with Gasteiger partial charge >= 0.3 is 5.97 Å². The Hall–Kier alpha value is -1.81. The molecule has 0 unspecified atom stereocenters. The third-order valence-corrected chi connectivity index (χ3v) is 4.58. The van der Waals surface area contributed by atoms with Crippen molar-refractivity contribution in [1.29, 1.82) is 0 Å². The molecule has 0 N–H and O–H groups in total. The third kappa shape index (κ3) is 3.85. The lowest BCUT2D eigenvalue weighted by Crippen LogP contribution is -2.09. The Balaban J connectivity index is 2.13. The number of rotatable bonds is 4. The van der Waals surface area contributed by atoms with Gasteiger partial charge in [-0.15, -0.1) is 11.3 Å². The number of esters is 1. The molecule has 0 saturated heterocycles. The maximum atomic E-state index is 12.2. The number of hydrogen-bond donors (Lipinski definition) is 0. The van der Waals surface area contributed by atoms with Gasteiger partial charge in [0.25, 0.3) is 0 Å². The van der Waals surface area contributed by atoms with Gasteiger partial charge in [0.2, 0.25) is 0 Å². The largest absolute Gasteiger partial charge is 0.487 e. The molecule has 0 bridgehead atoms. The summed E-state index contributed by atoms with van der Waals surface area (Å²) < 4.78 is 10.7. The van der Waals surface area contributed by atoms with Crippen LogP contribution in [0.4, 0.5) is 0 Å². The maximum absolute atomic E-state index is 12.2. The fourth-order valence-corrected chi connectivity index (χ4v) is 2.86. The zero-order valence-electron chi connectivity index (χ0n) is 12.8. The normalized spacial score (nSPS) is 11.2. The van der Waals surface area contributed by atoms with Gasteiger partial charge in [0.15, 0.2) is 5.06 Å². The predicted molar refractivity (Wildman–Crippen MR) is 85.1 cm³/mol. The zero-order chi connectivity index (χ0) is 15.5. The Morgan fingerprint density at radius 3 is 2.43 bits per heavy atom. The summed E-state index contributed by atoms with van der Waals surface area (Å²) in [5, 5.41) is 0.609. The lowest BCUT2D eigenvalue weighted by molar-refractivity contribution is 0.0470. The summed E-state index contributed by atoms with van der Waals surface area (Å²) >= 11 is 1.49. The van der Waals surface area contributed by atoms with Crippen molar-refractivity contribution >= 4 is 17.3 Å². The predicted octanol–water partition coefficient (Wildman–Crippen LogP) is 4.41. The number of hydrogen-bond acceptors (Lipinski definition) is 4. The molecule has 112 valence electrons. The second kappa shape index (κ2) is 6.31. The number of benzene rings is 1. The lowest BCUT2D eigenvalue weighted by atomic mass is 9.94. The van der Waals surface area contributed by atoms with E-state index in [9.17, 15) is 4.79 Å². The molecule has 0 atom stereocenters. The molecular formula is C17H20O3S. The topological polar surface area (TPSA) is 35.5 Å². The summed E-state index contributed by atoms with van der Waals surface area (Å²) in [4.78, 5) is 13.3. The Bertz CT molecular complexity index is 609. The number of methoxy groups -OCH3 is 1. The van der Waals surface area contributed by atoms with E-state index in [-0.39, 0.29) is 18.0 Å². The number of ether oxygens (including phenoxy) is 2. The first-order valence-corrected chi connectivity index (χ1v) is 7.63. The van der Waals surface area contributed by atoms with Gasteiger partial charge in [-0.3, -0.25) is 0 Å². The van der Waals surface area contributed by atoms with E-state index in [2.05, 4.69) is 20.8 Å². The number of carbonyl (C=O) groups is 1. The van der Waals surface area contributed by atoms with Gasteiger partial charge in [0, 0.05) is 4.88 Å². The molecule has 3 nitrogen and oxygen atoms in total. The van der Waals surface area contributed by atoms with E-state index in [0.29, 0.717) is 10.6 Å². The molecule has 0 radical (unpaired) electrons. The average Bonchev–Trinajstić information content (AvgIpc) is 2.90. The van der Waals surface area contributed by atoms with E-state index < -0.39 is 0 Å². The van der Waals surface area contributed by atoms with Crippen LogP contribution < -0.4 is 4.74 Å². The molecule has 0 aliphatic carbocycles. The van der Waals surface area contributed by atoms with Gasteiger partial charge in [-0.2, -0.15) is 0 Å². The van der Waals surface area contributed by atoms with E-state index >= 15 is 0 Å². The summed E-state index contributed by atoms with van der Waals surface area (Å²) in [5.41, 5.74) is 1.45. The molecule has 1 aromatic heterocycles. The molecule has 2 aromatic rings. The molecule has 2 rings (SSSR count). The molecule has 0 saturated carbocycles. The van der Waals surface area contributed by atoms with Gasteiger partial charge < -0.3 is 9.47 Å². The van der Waals surface area contributed by atoms with Crippen LogP contribution in [0.2, 0.25) is 0 Å². The van der Waals surface area contributed by atoms with Crippen LogP contribution in [0.25, 0.3) is 0 Å². The summed E-state index contributed by atoms with van der Waals surface area (Å²) in [6.45, 7) is 6.59. The highest BCUT2D eigenvalue weighted by Gasteiger charge is 2.24. The highest BCUT2D eigenvalue weighted by Crippen LogP contribution is 2.37. The van der Waals surface area contributed by atoms with Crippen molar-refractivity contribution in [3.8, 4) is 5.06 Å². The number of carbonyl (C=O) groups excluding carboxylic acids is 1. The molecule has 0 aliphatic rings. The van der Waals surface area contributed by atoms with E-state index in [0.717, 1.165) is 10.4 Å². The first kappa shape index (κ1) is 15.6. The van der Waals surface area contributed by atoms with Crippen LogP contribution in [0.3, 0.4) is 0 Å². The quantitative estimate of drug-likeness (QED) is 0.785. The Kier molecular flexibility index (Phi) is 4.68. The zero-order valence-corrected chi connectivity index (χ0v) is 13.6. The van der Waals surface area contributed by atoms with Crippen molar-refractivity contribution in [2.75, 3.05) is 7.11 Å². The van der Waals surface area contributed by atoms with Crippen LogP contribution in [-0.2, 0) is 16.8 Å². The van der Waals surface area contributed by atoms with Crippen molar-refractivity contribution in [2.45, 2.75) is 32.8 Å². The minimum atomic E-state index is -0.345. The minimum Gasteiger partial charge on any atom is -0.487 e. The summed E-state index contributed by atoms with van der Waals surface area (Å²) in [7, 11) is 1.58. The fraction of sp³-hybridized carbons (Fsp3) is 0.353. The van der Waals surface area contributed by atoms with Crippen molar-refractivity contribution in [1.82, 2.24) is 0 Å². The summed E-state index contributed by atoms with van der Waals surface area (Å²) in [6.07, 6.45) is 0. The maximum Gasteiger partial charge on any atom is 0.343 e. The van der Waals surface area contributed by atoms with Crippen molar-refractivity contribution in [3.63, 3.8) is 0 Å². The van der Waals surface area contributed by atoms with E-state index in [1.165, 1.54) is 11.3 Å². The third-order valence-electron chi connectivity index (χ3n) is 3.06. The molecule has 1 heterocycles. The van der Waals surface area contributed by atoms with Gasteiger partial charge in [-0.25, -0.2) is 4.79 Å². The van der Waals surface area contributed by atoms with E-state index in [4.69, 9.17) is 9.47 Å². The van der Waals surface area contributed by atoms with Crippen LogP contribution in [0.5, 0.6) is 5.06 Å². The Morgan fingerprint density at radius 2 is 1.86 bits per heavy atom. The molecule has 0 spiro atoms. The molecule has 1 aromatic carbocycles. The first-order chi connectivity index (χ1) is 9.91. The Labute approximate surface area is 129 Å². The smallest absolute Gasteiger partial charge is 0.343 e. The van der Waals surface area contributed by atoms with Crippen LogP contribution >= 0.6 is 11.3 Å².